The molecule has 1 aromatic heterocycles. The fraction of sp³-hybridized carbons (Fsp3) is 0.375. The van der Waals surface area contributed by atoms with Crippen LogP contribution in [-0.2, 0) is 12.8 Å². The van der Waals surface area contributed by atoms with E-state index in [9.17, 15) is 0 Å². The molecule has 0 amide bonds. The predicted octanol–water partition coefficient (Wildman–Crippen LogP) is 7.82. The van der Waals surface area contributed by atoms with Gasteiger partial charge in [0.25, 0.3) is 0 Å². The van der Waals surface area contributed by atoms with Crippen LogP contribution in [0.25, 0.3) is 22.0 Å². The highest BCUT2D eigenvalue weighted by Crippen LogP contribution is 2.37. The number of rotatable bonds is 6. The zero-order valence-corrected chi connectivity index (χ0v) is 23.0. The largest absolute Gasteiger partial charge is 0.490 e. The molecular formula is C32H35ClN4O. The maximum Gasteiger partial charge on any atom is 0.227 e. The van der Waals surface area contributed by atoms with E-state index in [0.29, 0.717) is 11.0 Å². The van der Waals surface area contributed by atoms with E-state index < -0.39 is 0 Å². The fourth-order valence-electron chi connectivity index (χ4n) is 5.97. The summed E-state index contributed by atoms with van der Waals surface area (Å²) in [4.78, 5) is 12.3. The van der Waals surface area contributed by atoms with Gasteiger partial charge in [-0.15, -0.1) is 0 Å². The number of nitrogens with one attached hydrogen (secondary N) is 1. The Kier molecular flexibility index (Phi) is 7.22. The summed E-state index contributed by atoms with van der Waals surface area (Å²) in [6, 6.07) is 19.4. The average molecular weight is 527 g/mol. The summed E-state index contributed by atoms with van der Waals surface area (Å²) in [5.74, 6) is 1.35. The van der Waals surface area contributed by atoms with E-state index in [1.807, 2.05) is 50.4 Å². The Labute approximate surface area is 230 Å². The summed E-state index contributed by atoms with van der Waals surface area (Å²) in [7, 11) is 0. The SMILES string of the molecule is CC(C)Oc1cc(Cl)ccc1-c1cccc2cnc(Nc3ccc4c(c3)CC[C@@H](N3CCCC3)CC4)nc12. The van der Waals surface area contributed by atoms with Crippen LogP contribution in [0, 0.1) is 0 Å². The van der Waals surface area contributed by atoms with Crippen LogP contribution in [0.5, 0.6) is 5.75 Å². The quantitative estimate of drug-likeness (QED) is 0.259. The van der Waals surface area contributed by atoms with Gasteiger partial charge in [0.1, 0.15) is 5.75 Å². The Bertz CT molecular complexity index is 1450. The second kappa shape index (κ2) is 10.9. The van der Waals surface area contributed by atoms with Crippen molar-refractivity contribution < 1.29 is 4.74 Å². The van der Waals surface area contributed by atoms with Crippen molar-refractivity contribution in [2.24, 2.45) is 0 Å². The van der Waals surface area contributed by atoms with Crippen LogP contribution in [-0.4, -0.2) is 40.1 Å². The first-order valence-corrected chi connectivity index (χ1v) is 14.3. The molecule has 2 aliphatic rings. The minimum Gasteiger partial charge on any atom is -0.490 e. The lowest BCUT2D eigenvalue weighted by Gasteiger charge is -2.25. The zero-order chi connectivity index (χ0) is 26.1. The smallest absolute Gasteiger partial charge is 0.227 e. The van der Waals surface area contributed by atoms with E-state index in [1.165, 1.54) is 49.9 Å². The number of nitrogens with zero attached hydrogens (tertiary/aromatic N) is 3. The van der Waals surface area contributed by atoms with Gasteiger partial charge >= 0.3 is 0 Å². The maximum absolute atomic E-state index is 6.30. The first kappa shape index (κ1) is 25.1. The lowest BCUT2D eigenvalue weighted by molar-refractivity contribution is 0.222. The molecule has 0 saturated carbocycles. The number of ether oxygens (including phenoxy) is 1. The molecule has 1 fully saturated rings. The highest BCUT2D eigenvalue weighted by molar-refractivity contribution is 6.30. The number of anilines is 2. The van der Waals surface area contributed by atoms with Crippen molar-refractivity contribution in [3.8, 4) is 16.9 Å². The van der Waals surface area contributed by atoms with Gasteiger partial charge < -0.3 is 15.0 Å². The highest BCUT2D eigenvalue weighted by atomic mass is 35.5. The number of benzene rings is 3. The molecule has 0 radical (unpaired) electrons. The van der Waals surface area contributed by atoms with Gasteiger partial charge in [-0.25, -0.2) is 9.97 Å². The molecule has 1 saturated heterocycles. The van der Waals surface area contributed by atoms with Crippen LogP contribution >= 0.6 is 11.6 Å². The van der Waals surface area contributed by atoms with Crippen LogP contribution in [0.1, 0.15) is 50.7 Å². The van der Waals surface area contributed by atoms with Crippen LogP contribution in [0.2, 0.25) is 5.02 Å². The number of aryl methyl sites for hydroxylation is 2. The first-order valence-electron chi connectivity index (χ1n) is 13.9. The van der Waals surface area contributed by atoms with E-state index in [2.05, 4.69) is 39.5 Å². The third-order valence-corrected chi connectivity index (χ3v) is 8.06. The Morgan fingerprint density at radius 3 is 2.58 bits per heavy atom. The van der Waals surface area contributed by atoms with Gasteiger partial charge in [-0.05, 0) is 107 Å². The van der Waals surface area contributed by atoms with Crippen molar-refractivity contribution in [3.05, 3.63) is 76.9 Å². The van der Waals surface area contributed by atoms with E-state index in [0.717, 1.165) is 52.4 Å². The average Bonchev–Trinajstić information content (AvgIpc) is 3.36. The summed E-state index contributed by atoms with van der Waals surface area (Å²) in [5.41, 5.74) is 6.82. The molecule has 196 valence electrons. The zero-order valence-electron chi connectivity index (χ0n) is 22.2. The standard InChI is InChI=1S/C32H35ClN4O/c1-21(2)38-30-19-25(33)11-15-28(30)29-7-5-6-24-20-34-32(36-31(24)29)35-26-12-8-22-9-13-27(14-10-23(22)18-26)37-16-3-4-17-37/h5-8,11-12,15,18-21,27H,3-4,9-10,13-14,16-17H2,1-2H3,(H,34,35,36)/t27-/m0/s1. The predicted molar refractivity (Wildman–Crippen MR) is 157 cm³/mol. The van der Waals surface area contributed by atoms with Crippen LogP contribution in [0.3, 0.4) is 0 Å². The van der Waals surface area contributed by atoms with Crippen LogP contribution in [0.15, 0.2) is 60.8 Å². The molecule has 0 spiro atoms. The lowest BCUT2D eigenvalue weighted by Crippen LogP contribution is -2.32. The summed E-state index contributed by atoms with van der Waals surface area (Å²) in [5, 5.41) is 5.11. The Hall–Kier alpha value is -3.15. The molecule has 6 heteroatoms. The summed E-state index contributed by atoms with van der Waals surface area (Å²) >= 11 is 6.30. The fourth-order valence-corrected chi connectivity index (χ4v) is 6.14. The minimum absolute atomic E-state index is 0.0351. The molecule has 5 nitrogen and oxygen atoms in total. The molecule has 38 heavy (non-hydrogen) atoms. The van der Waals surface area contributed by atoms with Gasteiger partial charge in [0.05, 0.1) is 11.6 Å². The number of likely N-dealkylation sites (tertiary alicyclic amines) is 1. The highest BCUT2D eigenvalue weighted by Gasteiger charge is 2.24. The van der Waals surface area contributed by atoms with E-state index in [-0.39, 0.29) is 6.10 Å². The lowest BCUT2D eigenvalue weighted by atomic mass is 10.0. The van der Waals surface area contributed by atoms with Crippen LogP contribution < -0.4 is 10.1 Å². The number of hydrogen-bond acceptors (Lipinski definition) is 5. The van der Waals surface area contributed by atoms with Crippen molar-refractivity contribution in [1.29, 1.82) is 0 Å². The molecule has 3 aromatic carbocycles. The molecule has 0 bridgehead atoms. The summed E-state index contributed by atoms with van der Waals surface area (Å²) in [6.45, 7) is 6.59. The number of aromatic nitrogens is 2. The Morgan fingerprint density at radius 2 is 1.76 bits per heavy atom. The Morgan fingerprint density at radius 1 is 0.947 bits per heavy atom. The maximum atomic E-state index is 6.30. The number of fused-ring (bicyclic) bond motifs is 2. The molecular weight excluding hydrogens is 492 g/mol. The summed E-state index contributed by atoms with van der Waals surface area (Å²) in [6.07, 6.45) is 9.44. The molecule has 1 aliphatic heterocycles. The van der Waals surface area contributed by atoms with Gasteiger partial charge in [-0.2, -0.15) is 0 Å². The van der Waals surface area contributed by atoms with Gasteiger partial charge in [0, 0.05) is 39.5 Å². The number of halogens is 1. The van der Waals surface area contributed by atoms with Crippen LogP contribution in [0.4, 0.5) is 11.6 Å². The number of para-hydroxylation sites is 1. The van der Waals surface area contributed by atoms with Gasteiger partial charge in [0.2, 0.25) is 5.95 Å². The van der Waals surface area contributed by atoms with Crippen molar-refractivity contribution in [2.75, 3.05) is 18.4 Å². The molecule has 1 N–H and O–H groups in total. The van der Waals surface area contributed by atoms with Gasteiger partial charge in [-0.3, -0.25) is 0 Å². The van der Waals surface area contributed by atoms with Crippen molar-refractivity contribution in [2.45, 2.75) is 64.5 Å². The normalized spacial score (nSPS) is 17.9. The second-order valence-electron chi connectivity index (χ2n) is 10.8. The van der Waals surface area contributed by atoms with Crippen molar-refractivity contribution in [3.63, 3.8) is 0 Å². The van der Waals surface area contributed by atoms with E-state index in [1.54, 1.807) is 0 Å². The summed E-state index contributed by atoms with van der Waals surface area (Å²) < 4.78 is 6.11. The molecule has 6 rings (SSSR count). The molecule has 0 unspecified atom stereocenters. The molecule has 2 heterocycles. The molecule has 4 aromatic rings. The first-order chi connectivity index (χ1) is 18.5. The van der Waals surface area contributed by atoms with Gasteiger partial charge in [-0.1, -0.05) is 35.9 Å². The van der Waals surface area contributed by atoms with Gasteiger partial charge in [0.15, 0.2) is 0 Å². The van der Waals surface area contributed by atoms with E-state index >= 15 is 0 Å². The number of hydrogen-bond donors (Lipinski definition) is 1. The Balaban J connectivity index is 1.28. The minimum atomic E-state index is 0.0351. The second-order valence-corrected chi connectivity index (χ2v) is 11.3. The third-order valence-electron chi connectivity index (χ3n) is 7.82. The third kappa shape index (κ3) is 5.36. The molecule has 1 atom stereocenters. The van der Waals surface area contributed by atoms with Crippen molar-refractivity contribution >= 4 is 34.1 Å². The van der Waals surface area contributed by atoms with E-state index in [4.69, 9.17) is 21.3 Å². The van der Waals surface area contributed by atoms with Crippen molar-refractivity contribution in [1.82, 2.24) is 14.9 Å². The monoisotopic (exact) mass is 526 g/mol. The topological polar surface area (TPSA) is 50.3 Å². The molecule has 1 aliphatic carbocycles.